The van der Waals surface area contributed by atoms with Crippen molar-refractivity contribution < 1.29 is 9.21 Å². The molecule has 1 saturated carbocycles. The van der Waals surface area contributed by atoms with Gasteiger partial charge in [-0.1, -0.05) is 45.4 Å². The summed E-state index contributed by atoms with van der Waals surface area (Å²) in [6.07, 6.45) is 4.81. The lowest BCUT2D eigenvalue weighted by molar-refractivity contribution is -0.122. The molecular formula is C17H28N2O2S. The van der Waals surface area contributed by atoms with Gasteiger partial charge in [-0.25, -0.2) is 4.98 Å². The molecule has 2 rings (SSSR count). The van der Waals surface area contributed by atoms with Gasteiger partial charge in [0.05, 0.1) is 10.9 Å². The van der Waals surface area contributed by atoms with E-state index in [0.717, 1.165) is 17.9 Å². The number of aryl methyl sites for hydroxylation is 2. The second-order valence-corrected chi connectivity index (χ2v) is 7.87. The van der Waals surface area contributed by atoms with Crippen molar-refractivity contribution in [2.24, 2.45) is 11.8 Å². The number of nitrogens with one attached hydrogen (secondary N) is 1. The van der Waals surface area contributed by atoms with Gasteiger partial charge in [-0.3, -0.25) is 4.79 Å². The Hall–Kier alpha value is -0.970. The predicted molar refractivity (Wildman–Crippen MR) is 90.0 cm³/mol. The molecule has 0 unspecified atom stereocenters. The number of carbonyl (C=O) groups excluding carboxylic acids is 1. The molecule has 1 aliphatic rings. The molecule has 0 bridgehead atoms. The van der Waals surface area contributed by atoms with Crippen LogP contribution in [0.4, 0.5) is 0 Å². The molecule has 1 aliphatic carbocycles. The maximum absolute atomic E-state index is 12.7. The number of carbonyl (C=O) groups is 1. The zero-order valence-electron chi connectivity index (χ0n) is 14.3. The third kappa shape index (κ3) is 4.28. The fourth-order valence-corrected chi connectivity index (χ4v) is 3.92. The summed E-state index contributed by atoms with van der Waals surface area (Å²) < 4.78 is 5.63. The van der Waals surface area contributed by atoms with E-state index < -0.39 is 0 Å². The molecule has 0 saturated heterocycles. The molecule has 1 fully saturated rings. The second-order valence-electron chi connectivity index (χ2n) is 6.78. The van der Waals surface area contributed by atoms with E-state index >= 15 is 0 Å². The van der Waals surface area contributed by atoms with Crippen molar-refractivity contribution in [1.29, 1.82) is 0 Å². The fourth-order valence-electron chi connectivity index (χ4n) is 2.89. The van der Waals surface area contributed by atoms with E-state index in [1.807, 2.05) is 13.8 Å². The monoisotopic (exact) mass is 324 g/mol. The number of nitrogens with zero attached hydrogens (tertiary/aromatic N) is 1. The standard InChI is InChI=1S/C17H28N2O2S/c1-10(2)15(22-17-18-12(4)13(5)21-17)16(20)19-14-9-7-6-8-11(14)3/h10-11,14-15H,6-9H2,1-5H3,(H,19,20)/t11-,14-,15+/m1/s1. The SMILES string of the molecule is Cc1nc(S[C@H](C(=O)N[C@@H]2CCCC[C@H]2C)C(C)C)oc1C. The summed E-state index contributed by atoms with van der Waals surface area (Å²) in [4.78, 5) is 17.1. The number of hydrogen-bond donors (Lipinski definition) is 1. The van der Waals surface area contributed by atoms with Crippen LogP contribution in [0.15, 0.2) is 9.64 Å². The molecule has 1 amide bonds. The number of rotatable bonds is 5. The first-order valence-corrected chi connectivity index (χ1v) is 9.17. The summed E-state index contributed by atoms with van der Waals surface area (Å²) in [5.41, 5.74) is 0.895. The van der Waals surface area contributed by atoms with Gasteiger partial charge in [0.15, 0.2) is 0 Å². The number of hydrogen-bond acceptors (Lipinski definition) is 4. The lowest BCUT2D eigenvalue weighted by Gasteiger charge is -2.31. The van der Waals surface area contributed by atoms with Crippen LogP contribution >= 0.6 is 11.8 Å². The highest BCUT2D eigenvalue weighted by molar-refractivity contribution is 8.00. The van der Waals surface area contributed by atoms with Gasteiger partial charge in [0, 0.05) is 6.04 Å². The van der Waals surface area contributed by atoms with E-state index in [9.17, 15) is 4.79 Å². The molecule has 0 aliphatic heterocycles. The van der Waals surface area contributed by atoms with E-state index in [1.54, 1.807) is 0 Å². The zero-order chi connectivity index (χ0) is 16.3. The molecule has 5 heteroatoms. The number of thioether (sulfide) groups is 1. The highest BCUT2D eigenvalue weighted by Crippen LogP contribution is 2.30. The highest BCUT2D eigenvalue weighted by atomic mass is 32.2. The van der Waals surface area contributed by atoms with Crippen molar-refractivity contribution in [3.63, 3.8) is 0 Å². The van der Waals surface area contributed by atoms with Gasteiger partial charge < -0.3 is 9.73 Å². The van der Waals surface area contributed by atoms with E-state index in [4.69, 9.17) is 4.42 Å². The molecule has 1 aromatic rings. The average molecular weight is 324 g/mol. The minimum Gasteiger partial charge on any atom is -0.437 e. The van der Waals surface area contributed by atoms with E-state index in [2.05, 4.69) is 31.1 Å². The first-order chi connectivity index (χ1) is 10.4. The van der Waals surface area contributed by atoms with Gasteiger partial charge in [0.25, 0.3) is 5.22 Å². The van der Waals surface area contributed by atoms with E-state index in [1.165, 1.54) is 31.0 Å². The third-order valence-electron chi connectivity index (χ3n) is 4.54. The maximum atomic E-state index is 12.7. The molecule has 0 aromatic carbocycles. The third-order valence-corrected chi connectivity index (χ3v) is 5.93. The topological polar surface area (TPSA) is 55.1 Å². The molecule has 1 heterocycles. The van der Waals surface area contributed by atoms with Crippen molar-refractivity contribution in [3.8, 4) is 0 Å². The van der Waals surface area contributed by atoms with Gasteiger partial charge in [-0.15, -0.1) is 0 Å². The van der Waals surface area contributed by atoms with Gasteiger partial charge in [-0.2, -0.15) is 0 Å². The van der Waals surface area contributed by atoms with Crippen molar-refractivity contribution in [3.05, 3.63) is 11.5 Å². The Morgan fingerprint density at radius 2 is 2.00 bits per heavy atom. The summed E-state index contributed by atoms with van der Waals surface area (Å²) in [7, 11) is 0. The average Bonchev–Trinajstić information content (AvgIpc) is 2.77. The summed E-state index contributed by atoms with van der Waals surface area (Å²) in [6, 6.07) is 0.316. The first kappa shape index (κ1) is 17.4. The number of oxazole rings is 1. The largest absolute Gasteiger partial charge is 0.437 e. The van der Waals surface area contributed by atoms with E-state index in [-0.39, 0.29) is 17.1 Å². The number of aromatic nitrogens is 1. The Kier molecular flexibility index (Phi) is 5.95. The fraction of sp³-hybridized carbons (Fsp3) is 0.765. The second kappa shape index (κ2) is 7.53. The van der Waals surface area contributed by atoms with Gasteiger partial charge >= 0.3 is 0 Å². The minimum atomic E-state index is -0.161. The summed E-state index contributed by atoms with van der Waals surface area (Å²) in [5, 5.41) is 3.70. The first-order valence-electron chi connectivity index (χ1n) is 8.29. The van der Waals surface area contributed by atoms with Crippen molar-refractivity contribution in [1.82, 2.24) is 10.3 Å². The van der Waals surface area contributed by atoms with Crippen LogP contribution in [0.2, 0.25) is 0 Å². The predicted octanol–water partition coefficient (Wildman–Crippen LogP) is 4.10. The maximum Gasteiger partial charge on any atom is 0.256 e. The molecule has 22 heavy (non-hydrogen) atoms. The van der Waals surface area contributed by atoms with Gasteiger partial charge in [-0.05, 0) is 38.5 Å². The quantitative estimate of drug-likeness (QED) is 0.828. The van der Waals surface area contributed by atoms with Crippen molar-refractivity contribution in [2.45, 2.75) is 76.8 Å². The van der Waals surface area contributed by atoms with Crippen molar-refractivity contribution >= 4 is 17.7 Å². The van der Waals surface area contributed by atoms with Gasteiger partial charge in [0.2, 0.25) is 5.91 Å². The Balaban J connectivity index is 2.01. The molecule has 4 nitrogen and oxygen atoms in total. The van der Waals surface area contributed by atoms with Crippen LogP contribution in [0.5, 0.6) is 0 Å². The Morgan fingerprint density at radius 1 is 1.32 bits per heavy atom. The normalized spacial score (nSPS) is 23.5. The summed E-state index contributed by atoms with van der Waals surface area (Å²) in [5.74, 6) is 1.75. The molecule has 3 atom stereocenters. The lowest BCUT2D eigenvalue weighted by atomic mass is 9.86. The highest BCUT2D eigenvalue weighted by Gasteiger charge is 2.30. The van der Waals surface area contributed by atoms with Crippen LogP contribution < -0.4 is 5.32 Å². The molecule has 124 valence electrons. The smallest absolute Gasteiger partial charge is 0.256 e. The van der Waals surface area contributed by atoms with Gasteiger partial charge in [0.1, 0.15) is 5.76 Å². The van der Waals surface area contributed by atoms with E-state index in [0.29, 0.717) is 17.2 Å². The van der Waals surface area contributed by atoms with Crippen LogP contribution in [0.3, 0.4) is 0 Å². The lowest BCUT2D eigenvalue weighted by Crippen LogP contribution is -2.46. The Morgan fingerprint density at radius 3 is 2.55 bits per heavy atom. The molecule has 1 aromatic heterocycles. The van der Waals surface area contributed by atoms with Crippen LogP contribution in [-0.2, 0) is 4.79 Å². The molecule has 1 N–H and O–H groups in total. The molecular weight excluding hydrogens is 296 g/mol. The Labute approximate surface area is 137 Å². The summed E-state index contributed by atoms with van der Waals surface area (Å²) >= 11 is 1.44. The molecule has 0 spiro atoms. The van der Waals surface area contributed by atoms with Crippen LogP contribution in [0, 0.1) is 25.7 Å². The molecule has 0 radical (unpaired) electrons. The van der Waals surface area contributed by atoms with Crippen molar-refractivity contribution in [2.75, 3.05) is 0 Å². The van der Waals surface area contributed by atoms with Crippen LogP contribution in [0.25, 0.3) is 0 Å². The minimum absolute atomic E-state index is 0.118. The zero-order valence-corrected chi connectivity index (χ0v) is 15.1. The van der Waals surface area contributed by atoms with Crippen LogP contribution in [0.1, 0.15) is 57.9 Å². The summed E-state index contributed by atoms with van der Waals surface area (Å²) in [6.45, 7) is 10.2. The Bertz CT molecular complexity index is 493. The van der Waals surface area contributed by atoms with Crippen LogP contribution in [-0.4, -0.2) is 22.2 Å². The number of amides is 1.